The molecule has 1 fully saturated rings. The highest BCUT2D eigenvalue weighted by molar-refractivity contribution is 5.94. The fourth-order valence-electron chi connectivity index (χ4n) is 2.78. The smallest absolute Gasteiger partial charge is 0.278 e. The Kier molecular flexibility index (Phi) is 5.02. The summed E-state index contributed by atoms with van der Waals surface area (Å²) in [6, 6.07) is 7.61. The Balaban J connectivity index is 1.63. The quantitative estimate of drug-likeness (QED) is 0.826. The van der Waals surface area contributed by atoms with E-state index < -0.39 is 0 Å². The molecule has 1 aromatic carbocycles. The normalized spacial score (nSPS) is 16.6. The van der Waals surface area contributed by atoms with Gasteiger partial charge in [0.2, 0.25) is 0 Å². The second kappa shape index (κ2) is 7.38. The Hall–Kier alpha value is -2.83. The lowest BCUT2D eigenvalue weighted by molar-refractivity contribution is 0.0770. The van der Waals surface area contributed by atoms with E-state index in [-0.39, 0.29) is 12.0 Å². The van der Waals surface area contributed by atoms with Crippen molar-refractivity contribution >= 4 is 11.6 Å². The minimum Gasteiger partial charge on any atom is -0.477 e. The standard InChI is InChI=1S/C18H22N4O3/c1-21(2)14-6-4-13(5-7-14)18(23)22-11-8-15(12-22)25-17-16(24-3)19-9-10-20-17/h4-7,9-10,15H,8,11-12H2,1-3H3. The summed E-state index contributed by atoms with van der Waals surface area (Å²) in [5, 5.41) is 0. The lowest BCUT2D eigenvalue weighted by atomic mass is 10.2. The third-order valence-electron chi connectivity index (χ3n) is 4.17. The number of ether oxygens (including phenoxy) is 2. The molecule has 0 radical (unpaired) electrons. The van der Waals surface area contributed by atoms with Crippen LogP contribution in [0.4, 0.5) is 5.69 Å². The molecule has 25 heavy (non-hydrogen) atoms. The van der Waals surface area contributed by atoms with Gasteiger partial charge in [0.25, 0.3) is 17.7 Å². The van der Waals surface area contributed by atoms with E-state index in [1.54, 1.807) is 17.3 Å². The summed E-state index contributed by atoms with van der Waals surface area (Å²) in [7, 11) is 5.47. The minimum absolute atomic E-state index is 0.0162. The molecule has 0 bridgehead atoms. The molecule has 3 rings (SSSR count). The van der Waals surface area contributed by atoms with Gasteiger partial charge in [-0.25, -0.2) is 9.97 Å². The topological polar surface area (TPSA) is 67.8 Å². The molecule has 2 heterocycles. The van der Waals surface area contributed by atoms with E-state index in [9.17, 15) is 4.79 Å². The minimum atomic E-state index is -0.115. The van der Waals surface area contributed by atoms with Crippen molar-refractivity contribution in [3.63, 3.8) is 0 Å². The number of aromatic nitrogens is 2. The van der Waals surface area contributed by atoms with Crippen LogP contribution in [0.15, 0.2) is 36.7 Å². The van der Waals surface area contributed by atoms with Crippen molar-refractivity contribution in [1.29, 1.82) is 0 Å². The summed E-state index contributed by atoms with van der Waals surface area (Å²) in [5.41, 5.74) is 1.75. The Morgan fingerprint density at radius 3 is 2.48 bits per heavy atom. The molecule has 1 atom stereocenters. The molecule has 1 aliphatic rings. The number of amides is 1. The van der Waals surface area contributed by atoms with Crippen molar-refractivity contribution in [3.8, 4) is 11.8 Å². The third-order valence-corrected chi connectivity index (χ3v) is 4.17. The lowest BCUT2D eigenvalue weighted by Gasteiger charge is -2.18. The molecule has 0 saturated carbocycles. The van der Waals surface area contributed by atoms with Crippen LogP contribution in [0.5, 0.6) is 11.8 Å². The molecule has 0 aliphatic carbocycles. The first-order chi connectivity index (χ1) is 12.1. The average molecular weight is 342 g/mol. The van der Waals surface area contributed by atoms with Crippen molar-refractivity contribution in [2.24, 2.45) is 0 Å². The number of carbonyl (C=O) groups excluding carboxylic acids is 1. The Morgan fingerprint density at radius 2 is 1.84 bits per heavy atom. The largest absolute Gasteiger partial charge is 0.477 e. The zero-order chi connectivity index (χ0) is 17.8. The molecule has 1 aliphatic heterocycles. The average Bonchev–Trinajstić information content (AvgIpc) is 3.10. The number of hydrogen-bond acceptors (Lipinski definition) is 6. The van der Waals surface area contributed by atoms with Crippen LogP contribution >= 0.6 is 0 Å². The summed E-state index contributed by atoms with van der Waals surface area (Å²) < 4.78 is 11.0. The van der Waals surface area contributed by atoms with Gasteiger partial charge in [-0.05, 0) is 24.3 Å². The number of hydrogen-bond donors (Lipinski definition) is 0. The molecule has 0 N–H and O–H groups in total. The summed E-state index contributed by atoms with van der Waals surface area (Å²) in [6.07, 6.45) is 3.74. The van der Waals surface area contributed by atoms with Crippen LogP contribution in [-0.2, 0) is 0 Å². The highest BCUT2D eigenvalue weighted by atomic mass is 16.5. The first-order valence-electron chi connectivity index (χ1n) is 8.17. The molecule has 1 amide bonds. The Labute approximate surface area is 147 Å². The number of likely N-dealkylation sites (tertiary alicyclic amines) is 1. The molecule has 7 nitrogen and oxygen atoms in total. The highest BCUT2D eigenvalue weighted by Crippen LogP contribution is 2.24. The number of nitrogens with zero attached hydrogens (tertiary/aromatic N) is 4. The molecule has 7 heteroatoms. The number of anilines is 1. The van der Waals surface area contributed by atoms with E-state index in [1.807, 2.05) is 43.3 Å². The first-order valence-corrected chi connectivity index (χ1v) is 8.17. The first kappa shape index (κ1) is 17.0. The molecule has 2 aromatic rings. The molecule has 1 saturated heterocycles. The van der Waals surface area contributed by atoms with Gasteiger partial charge < -0.3 is 19.3 Å². The van der Waals surface area contributed by atoms with Crippen LogP contribution in [0, 0.1) is 0 Å². The van der Waals surface area contributed by atoms with E-state index in [0.29, 0.717) is 30.4 Å². The van der Waals surface area contributed by atoms with Crippen LogP contribution < -0.4 is 14.4 Å². The van der Waals surface area contributed by atoms with Gasteiger partial charge in [0.15, 0.2) is 0 Å². The summed E-state index contributed by atoms with van der Waals surface area (Å²) in [5.74, 6) is 0.730. The monoisotopic (exact) mass is 342 g/mol. The van der Waals surface area contributed by atoms with Gasteiger partial charge in [0.05, 0.1) is 13.7 Å². The zero-order valence-corrected chi connectivity index (χ0v) is 14.7. The molecule has 0 spiro atoms. The van der Waals surface area contributed by atoms with Crippen molar-refractivity contribution in [3.05, 3.63) is 42.2 Å². The highest BCUT2D eigenvalue weighted by Gasteiger charge is 2.29. The summed E-state index contributed by atoms with van der Waals surface area (Å²) in [4.78, 5) is 24.7. The van der Waals surface area contributed by atoms with Gasteiger partial charge >= 0.3 is 0 Å². The molecule has 1 aromatic heterocycles. The van der Waals surface area contributed by atoms with Crippen LogP contribution in [0.3, 0.4) is 0 Å². The van der Waals surface area contributed by atoms with Crippen LogP contribution in [0.2, 0.25) is 0 Å². The predicted octanol–water partition coefficient (Wildman–Crippen LogP) is 1.84. The fourth-order valence-corrected chi connectivity index (χ4v) is 2.78. The van der Waals surface area contributed by atoms with Crippen molar-refractivity contribution < 1.29 is 14.3 Å². The predicted molar refractivity (Wildman–Crippen MR) is 94.3 cm³/mol. The number of benzene rings is 1. The molecule has 132 valence electrons. The molecule has 1 unspecified atom stereocenters. The van der Waals surface area contributed by atoms with E-state index >= 15 is 0 Å². The van der Waals surface area contributed by atoms with Gasteiger partial charge in [-0.3, -0.25) is 4.79 Å². The van der Waals surface area contributed by atoms with Crippen molar-refractivity contribution in [2.45, 2.75) is 12.5 Å². The second-order valence-electron chi connectivity index (χ2n) is 6.09. The maximum absolute atomic E-state index is 12.7. The van der Waals surface area contributed by atoms with Crippen LogP contribution in [-0.4, -0.2) is 61.2 Å². The van der Waals surface area contributed by atoms with Gasteiger partial charge in [-0.15, -0.1) is 0 Å². The number of rotatable bonds is 5. The Bertz CT molecular complexity index is 733. The van der Waals surface area contributed by atoms with Gasteiger partial charge in [0.1, 0.15) is 6.10 Å². The fraction of sp³-hybridized carbons (Fsp3) is 0.389. The van der Waals surface area contributed by atoms with Crippen molar-refractivity contribution in [1.82, 2.24) is 14.9 Å². The van der Waals surface area contributed by atoms with E-state index in [4.69, 9.17) is 9.47 Å². The van der Waals surface area contributed by atoms with E-state index in [0.717, 1.165) is 12.1 Å². The lowest BCUT2D eigenvalue weighted by Crippen LogP contribution is -2.31. The Morgan fingerprint density at radius 1 is 1.16 bits per heavy atom. The van der Waals surface area contributed by atoms with Crippen LogP contribution in [0.25, 0.3) is 0 Å². The number of carbonyl (C=O) groups is 1. The van der Waals surface area contributed by atoms with E-state index in [2.05, 4.69) is 9.97 Å². The number of methoxy groups -OCH3 is 1. The van der Waals surface area contributed by atoms with Gasteiger partial charge in [0, 0.05) is 50.7 Å². The van der Waals surface area contributed by atoms with Crippen molar-refractivity contribution in [2.75, 3.05) is 39.2 Å². The maximum Gasteiger partial charge on any atom is 0.278 e. The second-order valence-corrected chi connectivity index (χ2v) is 6.09. The molecular weight excluding hydrogens is 320 g/mol. The van der Waals surface area contributed by atoms with Gasteiger partial charge in [-0.1, -0.05) is 0 Å². The van der Waals surface area contributed by atoms with Crippen LogP contribution in [0.1, 0.15) is 16.8 Å². The van der Waals surface area contributed by atoms with Gasteiger partial charge in [-0.2, -0.15) is 0 Å². The molecular formula is C18H22N4O3. The SMILES string of the molecule is COc1nccnc1OC1CCN(C(=O)c2ccc(N(C)C)cc2)C1. The third kappa shape index (κ3) is 3.81. The summed E-state index contributed by atoms with van der Waals surface area (Å²) >= 11 is 0. The van der Waals surface area contributed by atoms with E-state index in [1.165, 1.54) is 7.11 Å². The maximum atomic E-state index is 12.7. The zero-order valence-electron chi connectivity index (χ0n) is 14.7. The summed E-state index contributed by atoms with van der Waals surface area (Å²) in [6.45, 7) is 1.18.